The Morgan fingerprint density at radius 2 is 1.90 bits per heavy atom. The summed E-state index contributed by atoms with van der Waals surface area (Å²) >= 11 is 5.85. The monoisotopic (exact) mass is 308 g/mol. The van der Waals surface area contributed by atoms with E-state index < -0.39 is 12.2 Å². The number of rotatable bonds is 2. The van der Waals surface area contributed by atoms with Gasteiger partial charge in [-0.25, -0.2) is 0 Å². The van der Waals surface area contributed by atoms with Gasteiger partial charge in [0.25, 0.3) is 0 Å². The van der Waals surface area contributed by atoms with Crippen molar-refractivity contribution in [3.05, 3.63) is 28.3 Å². The summed E-state index contributed by atoms with van der Waals surface area (Å²) in [6.07, 6.45) is -4.47. The van der Waals surface area contributed by atoms with Crippen LogP contribution in [-0.2, 0) is 0 Å². The molecule has 2 N–H and O–H groups in total. The second kappa shape index (κ2) is 5.79. The van der Waals surface area contributed by atoms with E-state index in [1.165, 1.54) is 24.0 Å². The first-order chi connectivity index (χ1) is 9.30. The number of halogens is 4. The lowest BCUT2D eigenvalue weighted by Gasteiger charge is -2.36. The third-order valence-corrected chi connectivity index (χ3v) is 3.63. The molecule has 0 spiro atoms. The molecule has 0 aromatic heterocycles. The molecular formula is C13H16ClF3N2O. The number of phenols is 1. The average molecular weight is 309 g/mol. The topological polar surface area (TPSA) is 35.5 Å². The summed E-state index contributed by atoms with van der Waals surface area (Å²) in [6, 6.07) is 0.817. The maximum Gasteiger partial charge on any atom is 0.408 e. The molecule has 0 unspecified atom stereocenters. The Bertz CT molecular complexity index is 487. The van der Waals surface area contributed by atoms with Gasteiger partial charge in [-0.3, -0.25) is 4.90 Å². The molecule has 20 heavy (non-hydrogen) atoms. The zero-order chi connectivity index (χ0) is 14.9. The summed E-state index contributed by atoms with van der Waals surface area (Å²) in [4.78, 5) is 1.32. The lowest BCUT2D eigenvalue weighted by Crippen LogP contribution is -2.49. The summed E-state index contributed by atoms with van der Waals surface area (Å²) in [6.45, 7) is 3.07. The van der Waals surface area contributed by atoms with Crippen LogP contribution in [-0.4, -0.2) is 42.4 Å². The van der Waals surface area contributed by atoms with Crippen LogP contribution in [0.5, 0.6) is 5.75 Å². The van der Waals surface area contributed by atoms with Crippen molar-refractivity contribution in [2.24, 2.45) is 0 Å². The van der Waals surface area contributed by atoms with Crippen LogP contribution in [0.1, 0.15) is 17.2 Å². The summed E-state index contributed by atoms with van der Waals surface area (Å²) in [5, 5.41) is 13.2. The van der Waals surface area contributed by atoms with E-state index in [0.29, 0.717) is 18.7 Å². The van der Waals surface area contributed by atoms with Gasteiger partial charge in [-0.15, -0.1) is 0 Å². The zero-order valence-electron chi connectivity index (χ0n) is 11.0. The summed E-state index contributed by atoms with van der Waals surface area (Å²) in [7, 11) is 0. The molecule has 0 radical (unpaired) electrons. The van der Waals surface area contributed by atoms with Crippen molar-refractivity contribution < 1.29 is 18.3 Å². The quantitative estimate of drug-likeness (QED) is 0.882. The Balaban J connectivity index is 2.46. The summed E-state index contributed by atoms with van der Waals surface area (Å²) < 4.78 is 40.3. The zero-order valence-corrected chi connectivity index (χ0v) is 11.7. The standard InChI is InChI=1S/C13H16ClF3N2O/c1-8-6-9(14)7-10(11(8)20)12(13(15,16)17)19-4-2-18-3-5-19/h6-7,12,18,20H,2-5H2,1H3/t12-/m0/s1. The van der Waals surface area contributed by atoms with Crippen molar-refractivity contribution in [3.8, 4) is 5.75 Å². The second-order valence-electron chi connectivity index (χ2n) is 4.89. The molecule has 1 fully saturated rings. The van der Waals surface area contributed by atoms with Gasteiger partial charge in [0, 0.05) is 36.8 Å². The van der Waals surface area contributed by atoms with Gasteiger partial charge in [0.15, 0.2) is 0 Å². The van der Waals surface area contributed by atoms with Crippen LogP contribution in [0.2, 0.25) is 5.02 Å². The molecule has 1 aromatic rings. The molecule has 1 heterocycles. The third-order valence-electron chi connectivity index (χ3n) is 3.42. The fourth-order valence-corrected chi connectivity index (χ4v) is 2.77. The molecule has 7 heteroatoms. The summed E-state index contributed by atoms with van der Waals surface area (Å²) in [5.41, 5.74) is 0.168. The van der Waals surface area contributed by atoms with Crippen molar-refractivity contribution in [2.75, 3.05) is 26.2 Å². The number of hydrogen-bond donors (Lipinski definition) is 2. The Kier molecular flexibility index (Phi) is 4.46. The number of phenolic OH excluding ortho intramolecular Hbond substituents is 1. The van der Waals surface area contributed by atoms with E-state index >= 15 is 0 Å². The van der Waals surface area contributed by atoms with Crippen LogP contribution in [0.15, 0.2) is 12.1 Å². The van der Waals surface area contributed by atoms with E-state index in [1.807, 2.05) is 0 Å². The number of aromatic hydroxyl groups is 1. The highest BCUT2D eigenvalue weighted by Gasteiger charge is 2.46. The van der Waals surface area contributed by atoms with Crippen LogP contribution in [0.25, 0.3) is 0 Å². The van der Waals surface area contributed by atoms with Gasteiger partial charge in [-0.1, -0.05) is 11.6 Å². The normalized spacial score (nSPS) is 19.1. The predicted octanol–water partition coefficient (Wildman–Crippen LogP) is 2.86. The molecule has 0 aliphatic carbocycles. The lowest BCUT2D eigenvalue weighted by atomic mass is 10.00. The van der Waals surface area contributed by atoms with E-state index in [4.69, 9.17) is 11.6 Å². The predicted molar refractivity (Wildman–Crippen MR) is 71.1 cm³/mol. The van der Waals surface area contributed by atoms with E-state index in [-0.39, 0.29) is 29.4 Å². The van der Waals surface area contributed by atoms with Crippen LogP contribution < -0.4 is 5.32 Å². The Labute approximate surface area is 120 Å². The highest BCUT2D eigenvalue weighted by atomic mass is 35.5. The molecule has 3 nitrogen and oxygen atoms in total. The molecule has 1 atom stereocenters. The van der Waals surface area contributed by atoms with Crippen LogP contribution in [0.3, 0.4) is 0 Å². The average Bonchev–Trinajstić information content (AvgIpc) is 2.35. The van der Waals surface area contributed by atoms with Gasteiger partial charge in [0.1, 0.15) is 11.8 Å². The first kappa shape index (κ1) is 15.4. The fourth-order valence-electron chi connectivity index (χ4n) is 2.49. The van der Waals surface area contributed by atoms with Gasteiger partial charge >= 0.3 is 6.18 Å². The van der Waals surface area contributed by atoms with E-state index in [1.54, 1.807) is 0 Å². The summed E-state index contributed by atoms with van der Waals surface area (Å²) in [5.74, 6) is -0.338. The van der Waals surface area contributed by atoms with Crippen LogP contribution >= 0.6 is 11.6 Å². The molecule has 0 amide bonds. The minimum atomic E-state index is -4.47. The number of alkyl halides is 3. The van der Waals surface area contributed by atoms with Gasteiger partial charge in [0.2, 0.25) is 0 Å². The Morgan fingerprint density at radius 1 is 1.30 bits per heavy atom. The van der Waals surface area contributed by atoms with Crippen molar-refractivity contribution >= 4 is 11.6 Å². The number of aryl methyl sites for hydroxylation is 1. The number of piperazine rings is 1. The van der Waals surface area contributed by atoms with Crippen molar-refractivity contribution in [1.82, 2.24) is 10.2 Å². The van der Waals surface area contributed by atoms with Crippen molar-refractivity contribution in [3.63, 3.8) is 0 Å². The first-order valence-electron chi connectivity index (χ1n) is 6.31. The molecule has 1 aliphatic rings. The molecular weight excluding hydrogens is 293 g/mol. The largest absolute Gasteiger partial charge is 0.507 e. The molecule has 1 aromatic carbocycles. The highest BCUT2D eigenvalue weighted by molar-refractivity contribution is 6.30. The fraction of sp³-hybridized carbons (Fsp3) is 0.538. The van der Waals surface area contributed by atoms with Gasteiger partial charge < -0.3 is 10.4 Å². The lowest BCUT2D eigenvalue weighted by molar-refractivity contribution is -0.188. The number of nitrogens with one attached hydrogen (secondary N) is 1. The van der Waals surface area contributed by atoms with Crippen LogP contribution in [0, 0.1) is 6.92 Å². The van der Waals surface area contributed by atoms with Crippen molar-refractivity contribution in [2.45, 2.75) is 19.1 Å². The molecule has 112 valence electrons. The van der Waals surface area contributed by atoms with E-state index in [2.05, 4.69) is 5.32 Å². The number of hydrogen-bond acceptors (Lipinski definition) is 3. The minimum absolute atomic E-state index is 0.176. The highest BCUT2D eigenvalue weighted by Crippen LogP contribution is 2.43. The SMILES string of the molecule is Cc1cc(Cl)cc([C@H](N2CCNCC2)C(F)(F)F)c1O. The molecule has 0 saturated carbocycles. The van der Waals surface area contributed by atoms with Gasteiger partial charge in [-0.05, 0) is 24.6 Å². The van der Waals surface area contributed by atoms with Crippen LogP contribution in [0.4, 0.5) is 13.2 Å². The minimum Gasteiger partial charge on any atom is -0.507 e. The van der Waals surface area contributed by atoms with Gasteiger partial charge in [0.05, 0.1) is 0 Å². The smallest absolute Gasteiger partial charge is 0.408 e. The first-order valence-corrected chi connectivity index (χ1v) is 6.69. The molecule has 0 bridgehead atoms. The van der Waals surface area contributed by atoms with Gasteiger partial charge in [-0.2, -0.15) is 13.2 Å². The van der Waals surface area contributed by atoms with Crippen molar-refractivity contribution in [1.29, 1.82) is 0 Å². The Morgan fingerprint density at radius 3 is 2.45 bits per heavy atom. The number of nitrogens with zero attached hydrogens (tertiary/aromatic N) is 1. The molecule has 1 saturated heterocycles. The maximum absolute atomic E-state index is 13.4. The molecule has 1 aliphatic heterocycles. The number of benzene rings is 1. The molecule has 2 rings (SSSR count). The maximum atomic E-state index is 13.4. The third kappa shape index (κ3) is 3.19. The second-order valence-corrected chi connectivity index (χ2v) is 5.33. The van der Waals surface area contributed by atoms with E-state index in [9.17, 15) is 18.3 Å². The Hall–Kier alpha value is -0.980. The van der Waals surface area contributed by atoms with E-state index in [0.717, 1.165) is 0 Å².